The second kappa shape index (κ2) is 11.2. The van der Waals surface area contributed by atoms with Gasteiger partial charge < -0.3 is 10.2 Å². The third-order valence-corrected chi connectivity index (χ3v) is 6.80. The smallest absolute Gasteiger partial charge is 0.242 e. The van der Waals surface area contributed by atoms with Gasteiger partial charge in [-0.15, -0.1) is 11.8 Å². The summed E-state index contributed by atoms with van der Waals surface area (Å²) in [6.45, 7) is 4.35. The van der Waals surface area contributed by atoms with Crippen LogP contribution in [-0.2, 0) is 21.9 Å². The molecule has 1 aliphatic carbocycles. The normalized spacial score (nSPS) is 15.0. The Labute approximate surface area is 184 Å². The maximum Gasteiger partial charge on any atom is 0.242 e. The largest absolute Gasteiger partial charge is 0.352 e. The van der Waals surface area contributed by atoms with Gasteiger partial charge >= 0.3 is 0 Å². The highest BCUT2D eigenvalue weighted by atomic mass is 32.2. The SMILES string of the molecule is Cc1ccccc1CN(C(=O)CSCc1ccccc1)[C@H](C)C(=O)NC1CCCC1. The lowest BCUT2D eigenvalue weighted by Gasteiger charge is -2.30. The van der Waals surface area contributed by atoms with Crippen LogP contribution in [0, 0.1) is 6.92 Å². The van der Waals surface area contributed by atoms with E-state index in [9.17, 15) is 9.59 Å². The zero-order valence-electron chi connectivity index (χ0n) is 18.0. The maximum atomic E-state index is 13.2. The number of amides is 2. The third-order valence-electron chi connectivity index (χ3n) is 5.81. The van der Waals surface area contributed by atoms with Crippen molar-refractivity contribution < 1.29 is 9.59 Å². The molecule has 0 spiro atoms. The number of hydrogen-bond acceptors (Lipinski definition) is 3. The van der Waals surface area contributed by atoms with Gasteiger partial charge in [0.1, 0.15) is 6.04 Å². The van der Waals surface area contributed by atoms with Crippen molar-refractivity contribution >= 4 is 23.6 Å². The highest BCUT2D eigenvalue weighted by Gasteiger charge is 2.28. The average Bonchev–Trinajstić information content (AvgIpc) is 3.26. The second-order valence-corrected chi connectivity index (χ2v) is 9.08. The first-order valence-corrected chi connectivity index (χ1v) is 12.0. The molecule has 2 amide bonds. The van der Waals surface area contributed by atoms with E-state index in [1.54, 1.807) is 16.7 Å². The number of nitrogens with one attached hydrogen (secondary N) is 1. The summed E-state index contributed by atoms with van der Waals surface area (Å²) in [5.74, 6) is 1.11. The lowest BCUT2D eigenvalue weighted by atomic mass is 10.1. The van der Waals surface area contributed by atoms with Crippen molar-refractivity contribution in [1.29, 1.82) is 0 Å². The Kier molecular flexibility index (Phi) is 8.38. The first kappa shape index (κ1) is 22.4. The summed E-state index contributed by atoms with van der Waals surface area (Å²) in [5, 5.41) is 3.16. The van der Waals surface area contributed by atoms with Gasteiger partial charge in [0.15, 0.2) is 0 Å². The summed E-state index contributed by atoms with van der Waals surface area (Å²) in [4.78, 5) is 27.8. The molecule has 4 nitrogen and oxygen atoms in total. The van der Waals surface area contributed by atoms with Crippen LogP contribution in [0.2, 0.25) is 0 Å². The molecular weight excluding hydrogens is 392 g/mol. The number of aryl methyl sites for hydroxylation is 1. The number of thioether (sulfide) groups is 1. The lowest BCUT2D eigenvalue weighted by molar-refractivity contribution is -0.139. The van der Waals surface area contributed by atoms with Crippen LogP contribution < -0.4 is 5.32 Å². The van der Waals surface area contributed by atoms with Gasteiger partial charge in [-0.25, -0.2) is 0 Å². The van der Waals surface area contributed by atoms with Crippen molar-refractivity contribution in [3.63, 3.8) is 0 Å². The Bertz CT molecular complexity index is 834. The number of hydrogen-bond donors (Lipinski definition) is 1. The Morgan fingerprint density at radius 3 is 2.43 bits per heavy atom. The molecule has 2 aromatic carbocycles. The van der Waals surface area contributed by atoms with Crippen molar-refractivity contribution in [2.75, 3.05) is 5.75 Å². The van der Waals surface area contributed by atoms with Gasteiger partial charge in [-0.3, -0.25) is 9.59 Å². The molecule has 0 unspecified atom stereocenters. The van der Waals surface area contributed by atoms with Crippen LogP contribution in [0.3, 0.4) is 0 Å². The van der Waals surface area contributed by atoms with E-state index in [0.717, 1.165) is 29.7 Å². The molecule has 0 heterocycles. The Hall–Kier alpha value is -2.27. The van der Waals surface area contributed by atoms with E-state index in [1.165, 1.54) is 18.4 Å². The summed E-state index contributed by atoms with van der Waals surface area (Å²) >= 11 is 1.60. The van der Waals surface area contributed by atoms with Gasteiger partial charge in [-0.2, -0.15) is 0 Å². The van der Waals surface area contributed by atoms with E-state index in [-0.39, 0.29) is 17.9 Å². The van der Waals surface area contributed by atoms with Gasteiger partial charge in [0.05, 0.1) is 5.75 Å². The fraction of sp³-hybridized carbons (Fsp3) is 0.440. The van der Waals surface area contributed by atoms with Crippen molar-refractivity contribution in [2.45, 2.75) is 63.9 Å². The molecule has 1 saturated carbocycles. The van der Waals surface area contributed by atoms with E-state index >= 15 is 0 Å². The molecule has 160 valence electrons. The molecule has 1 N–H and O–H groups in total. The zero-order valence-corrected chi connectivity index (χ0v) is 18.8. The third kappa shape index (κ3) is 6.36. The second-order valence-electron chi connectivity index (χ2n) is 8.09. The lowest BCUT2D eigenvalue weighted by Crippen LogP contribution is -2.50. The minimum Gasteiger partial charge on any atom is -0.352 e. The molecule has 1 aliphatic rings. The molecule has 2 aromatic rings. The van der Waals surface area contributed by atoms with Crippen molar-refractivity contribution in [3.05, 3.63) is 71.3 Å². The van der Waals surface area contributed by atoms with Gasteiger partial charge in [0.25, 0.3) is 0 Å². The quantitative estimate of drug-likeness (QED) is 0.634. The number of nitrogens with zero attached hydrogens (tertiary/aromatic N) is 1. The first-order valence-electron chi connectivity index (χ1n) is 10.8. The summed E-state index contributed by atoms with van der Waals surface area (Å²) in [6, 6.07) is 18.0. The molecule has 0 aromatic heterocycles. The zero-order chi connectivity index (χ0) is 21.3. The molecule has 1 fully saturated rings. The summed E-state index contributed by atoms with van der Waals surface area (Å²) in [5.41, 5.74) is 3.42. The minimum absolute atomic E-state index is 0.00764. The molecule has 1 atom stereocenters. The van der Waals surface area contributed by atoms with Gasteiger partial charge in [0.2, 0.25) is 11.8 Å². The number of benzene rings is 2. The predicted octanol–water partition coefficient (Wildman–Crippen LogP) is 4.70. The predicted molar refractivity (Wildman–Crippen MR) is 124 cm³/mol. The molecule has 3 rings (SSSR count). The van der Waals surface area contributed by atoms with Crippen LogP contribution >= 0.6 is 11.8 Å². The molecule has 0 radical (unpaired) electrons. The summed E-state index contributed by atoms with van der Waals surface area (Å²) in [6.07, 6.45) is 4.41. The summed E-state index contributed by atoms with van der Waals surface area (Å²) < 4.78 is 0. The van der Waals surface area contributed by atoms with Crippen LogP contribution in [0.4, 0.5) is 0 Å². The van der Waals surface area contributed by atoms with Gasteiger partial charge in [-0.05, 0) is 43.4 Å². The van der Waals surface area contributed by atoms with E-state index in [0.29, 0.717) is 12.3 Å². The molecule has 0 saturated heterocycles. The van der Waals surface area contributed by atoms with Crippen molar-refractivity contribution in [3.8, 4) is 0 Å². The topological polar surface area (TPSA) is 49.4 Å². The fourth-order valence-electron chi connectivity index (χ4n) is 3.86. The van der Waals surface area contributed by atoms with Crippen molar-refractivity contribution in [2.24, 2.45) is 0 Å². The van der Waals surface area contributed by atoms with Crippen LogP contribution in [0.5, 0.6) is 0 Å². The van der Waals surface area contributed by atoms with E-state index in [1.807, 2.05) is 56.3 Å². The van der Waals surface area contributed by atoms with Crippen LogP contribution in [0.15, 0.2) is 54.6 Å². The molecule has 0 bridgehead atoms. The van der Waals surface area contributed by atoms with E-state index in [2.05, 4.69) is 17.4 Å². The Morgan fingerprint density at radius 1 is 1.07 bits per heavy atom. The van der Waals surface area contributed by atoms with Crippen molar-refractivity contribution in [1.82, 2.24) is 10.2 Å². The standard InChI is InChI=1S/C25H32N2O2S/c1-19-10-6-7-13-22(19)16-27(20(2)25(29)26-23-14-8-9-15-23)24(28)18-30-17-21-11-4-3-5-12-21/h3-7,10-13,20,23H,8-9,14-18H2,1-2H3,(H,26,29)/t20-/m1/s1. The van der Waals surface area contributed by atoms with Crippen LogP contribution in [-0.4, -0.2) is 34.6 Å². The average molecular weight is 425 g/mol. The van der Waals surface area contributed by atoms with E-state index in [4.69, 9.17) is 0 Å². The Morgan fingerprint density at radius 2 is 1.73 bits per heavy atom. The molecule has 5 heteroatoms. The van der Waals surface area contributed by atoms with Crippen LogP contribution in [0.1, 0.15) is 49.3 Å². The molecular formula is C25H32N2O2S. The van der Waals surface area contributed by atoms with Gasteiger partial charge in [0, 0.05) is 18.3 Å². The monoisotopic (exact) mass is 424 g/mol. The van der Waals surface area contributed by atoms with Gasteiger partial charge in [-0.1, -0.05) is 67.4 Å². The minimum atomic E-state index is -0.491. The Balaban J connectivity index is 1.66. The first-order chi connectivity index (χ1) is 14.5. The highest BCUT2D eigenvalue weighted by Crippen LogP contribution is 2.20. The number of carbonyl (C=O) groups excluding carboxylic acids is 2. The van der Waals surface area contributed by atoms with E-state index < -0.39 is 6.04 Å². The summed E-state index contributed by atoms with van der Waals surface area (Å²) in [7, 11) is 0. The number of rotatable bonds is 9. The number of carbonyl (C=O) groups is 2. The fourth-order valence-corrected chi connectivity index (χ4v) is 4.73. The highest BCUT2D eigenvalue weighted by molar-refractivity contribution is 7.99. The molecule has 30 heavy (non-hydrogen) atoms. The maximum absolute atomic E-state index is 13.2. The van der Waals surface area contributed by atoms with Crippen LogP contribution in [0.25, 0.3) is 0 Å². The molecule has 0 aliphatic heterocycles.